The third-order valence-electron chi connectivity index (χ3n) is 4.93. The van der Waals surface area contributed by atoms with Gasteiger partial charge in [-0.15, -0.1) is 10.2 Å². The maximum atomic E-state index is 4.51. The zero-order chi connectivity index (χ0) is 18.3. The molecular formula is C21H25N5S. The molecule has 0 spiro atoms. The van der Waals surface area contributed by atoms with Gasteiger partial charge in [0.15, 0.2) is 11.0 Å². The average molecular weight is 380 g/mol. The summed E-state index contributed by atoms with van der Waals surface area (Å²) in [4.78, 5) is 6.69. The van der Waals surface area contributed by atoms with E-state index >= 15 is 0 Å². The highest BCUT2D eigenvalue weighted by Gasteiger charge is 2.16. The van der Waals surface area contributed by atoms with Crippen LogP contribution in [0.4, 0.5) is 0 Å². The van der Waals surface area contributed by atoms with Crippen LogP contribution in [-0.4, -0.2) is 50.0 Å². The molecule has 3 heterocycles. The van der Waals surface area contributed by atoms with Gasteiger partial charge < -0.3 is 4.90 Å². The maximum Gasteiger partial charge on any atom is 0.191 e. The quantitative estimate of drug-likeness (QED) is 0.582. The van der Waals surface area contributed by atoms with Gasteiger partial charge in [-0.2, -0.15) is 0 Å². The Bertz CT molecular complexity index is 828. The minimum atomic E-state index is 0.775. The summed E-state index contributed by atoms with van der Waals surface area (Å²) in [7, 11) is 0. The van der Waals surface area contributed by atoms with E-state index in [-0.39, 0.29) is 0 Å². The second-order valence-electron chi connectivity index (χ2n) is 6.86. The van der Waals surface area contributed by atoms with Crippen molar-refractivity contribution < 1.29 is 0 Å². The van der Waals surface area contributed by atoms with Crippen molar-refractivity contribution in [1.29, 1.82) is 0 Å². The lowest BCUT2D eigenvalue weighted by Gasteiger charge is -2.25. The number of likely N-dealkylation sites (tertiary alicyclic amines) is 1. The van der Waals surface area contributed by atoms with Gasteiger partial charge in [0, 0.05) is 30.3 Å². The van der Waals surface area contributed by atoms with E-state index in [1.54, 1.807) is 12.4 Å². The first kappa shape index (κ1) is 18.2. The summed E-state index contributed by atoms with van der Waals surface area (Å²) < 4.78 is 2.23. The van der Waals surface area contributed by atoms with E-state index in [1.165, 1.54) is 37.9 Å². The summed E-state index contributed by atoms with van der Waals surface area (Å²) >= 11 is 1.81. The highest BCUT2D eigenvalue weighted by Crippen LogP contribution is 2.25. The lowest BCUT2D eigenvalue weighted by molar-refractivity contribution is 0.242. The molecule has 0 radical (unpaired) electrons. The van der Waals surface area contributed by atoms with E-state index in [0.29, 0.717) is 0 Å². The van der Waals surface area contributed by atoms with Gasteiger partial charge in [-0.3, -0.25) is 9.55 Å². The number of hydrogen-bond acceptors (Lipinski definition) is 5. The zero-order valence-corrected chi connectivity index (χ0v) is 16.3. The Labute approximate surface area is 164 Å². The topological polar surface area (TPSA) is 46.8 Å². The first-order chi connectivity index (χ1) is 13.4. The van der Waals surface area contributed by atoms with E-state index in [4.69, 9.17) is 0 Å². The molecule has 0 saturated carbocycles. The maximum absolute atomic E-state index is 4.51. The van der Waals surface area contributed by atoms with Crippen LogP contribution in [0, 0.1) is 0 Å². The number of piperidine rings is 1. The molecule has 1 aromatic carbocycles. The molecule has 0 amide bonds. The van der Waals surface area contributed by atoms with Crippen LogP contribution in [-0.2, 0) is 6.54 Å². The molecule has 140 valence electrons. The van der Waals surface area contributed by atoms with Crippen molar-refractivity contribution in [3.05, 3.63) is 60.4 Å². The third kappa shape index (κ3) is 4.76. The van der Waals surface area contributed by atoms with Crippen LogP contribution in [0.1, 0.15) is 24.8 Å². The Morgan fingerprint density at radius 1 is 0.889 bits per heavy atom. The molecule has 3 aromatic rings. The molecule has 1 aliphatic heterocycles. The van der Waals surface area contributed by atoms with Gasteiger partial charge in [0.25, 0.3) is 0 Å². The first-order valence-corrected chi connectivity index (χ1v) is 10.6. The highest BCUT2D eigenvalue weighted by atomic mass is 32.2. The fourth-order valence-corrected chi connectivity index (χ4v) is 4.41. The summed E-state index contributed by atoms with van der Waals surface area (Å²) in [5.74, 6) is 1.95. The molecule has 1 fully saturated rings. The van der Waals surface area contributed by atoms with Crippen LogP contribution in [0.2, 0.25) is 0 Å². The molecular weight excluding hydrogens is 354 g/mol. The van der Waals surface area contributed by atoms with Crippen LogP contribution >= 0.6 is 11.8 Å². The lowest BCUT2D eigenvalue weighted by atomic mass is 10.1. The Kier molecular flexibility index (Phi) is 6.17. The smallest absolute Gasteiger partial charge is 0.191 e. The van der Waals surface area contributed by atoms with Crippen LogP contribution in [0.25, 0.3) is 11.4 Å². The number of pyridine rings is 1. The minimum absolute atomic E-state index is 0.775. The Morgan fingerprint density at radius 3 is 2.44 bits per heavy atom. The predicted molar refractivity (Wildman–Crippen MR) is 110 cm³/mol. The minimum Gasteiger partial charge on any atom is -0.303 e. The van der Waals surface area contributed by atoms with Crippen LogP contribution in [0.3, 0.4) is 0 Å². The molecule has 5 nitrogen and oxygen atoms in total. The first-order valence-electron chi connectivity index (χ1n) is 9.63. The van der Waals surface area contributed by atoms with Gasteiger partial charge in [-0.05, 0) is 43.6 Å². The van der Waals surface area contributed by atoms with Gasteiger partial charge in [0.2, 0.25) is 0 Å². The molecule has 2 aromatic heterocycles. The second-order valence-corrected chi connectivity index (χ2v) is 7.93. The van der Waals surface area contributed by atoms with Crippen LogP contribution < -0.4 is 0 Å². The molecule has 1 aliphatic rings. The summed E-state index contributed by atoms with van der Waals surface area (Å²) in [6, 6.07) is 14.5. The summed E-state index contributed by atoms with van der Waals surface area (Å²) in [6.45, 7) is 4.37. The standard InChI is InChI=1S/C21H25N5S/c1-3-7-18(8-4-1)17-26-20(19-9-11-22-12-10-19)23-24-21(26)27-16-15-25-13-5-2-6-14-25/h1,3-4,7-12H,2,5-6,13-17H2. The number of benzene rings is 1. The fourth-order valence-electron chi connectivity index (χ4n) is 3.47. The largest absolute Gasteiger partial charge is 0.303 e. The lowest BCUT2D eigenvalue weighted by Crippen LogP contribution is -2.31. The van der Waals surface area contributed by atoms with Gasteiger partial charge in [-0.1, -0.05) is 48.5 Å². The number of hydrogen-bond donors (Lipinski definition) is 0. The van der Waals surface area contributed by atoms with Crippen molar-refractivity contribution >= 4 is 11.8 Å². The van der Waals surface area contributed by atoms with Crippen molar-refractivity contribution in [2.75, 3.05) is 25.4 Å². The van der Waals surface area contributed by atoms with E-state index in [2.05, 4.69) is 48.9 Å². The molecule has 1 saturated heterocycles. The van der Waals surface area contributed by atoms with Crippen molar-refractivity contribution in [3.63, 3.8) is 0 Å². The molecule has 0 unspecified atom stereocenters. The molecule has 0 atom stereocenters. The molecule has 4 rings (SSSR count). The summed E-state index contributed by atoms with van der Waals surface area (Å²) in [6.07, 6.45) is 7.66. The van der Waals surface area contributed by atoms with E-state index < -0.39 is 0 Å². The van der Waals surface area contributed by atoms with Crippen LogP contribution in [0.5, 0.6) is 0 Å². The average Bonchev–Trinajstić information content (AvgIpc) is 3.13. The van der Waals surface area contributed by atoms with Crippen molar-refractivity contribution in [1.82, 2.24) is 24.6 Å². The molecule has 6 heteroatoms. The Morgan fingerprint density at radius 2 is 1.67 bits per heavy atom. The molecule has 0 aliphatic carbocycles. The van der Waals surface area contributed by atoms with Gasteiger partial charge in [0.1, 0.15) is 0 Å². The van der Waals surface area contributed by atoms with E-state index in [0.717, 1.165) is 35.4 Å². The van der Waals surface area contributed by atoms with Crippen molar-refractivity contribution in [3.8, 4) is 11.4 Å². The second kappa shape index (κ2) is 9.15. The Hall–Kier alpha value is -2.18. The van der Waals surface area contributed by atoms with Gasteiger partial charge >= 0.3 is 0 Å². The number of thioether (sulfide) groups is 1. The normalized spacial score (nSPS) is 15.1. The molecule has 0 N–H and O–H groups in total. The molecule has 0 bridgehead atoms. The molecule has 27 heavy (non-hydrogen) atoms. The Balaban J connectivity index is 1.52. The number of nitrogens with zero attached hydrogens (tertiary/aromatic N) is 5. The SMILES string of the molecule is c1ccc(Cn2c(SCCN3CCCCC3)nnc2-c2ccncc2)cc1. The van der Waals surface area contributed by atoms with Gasteiger partial charge in [-0.25, -0.2) is 0 Å². The number of aromatic nitrogens is 4. The van der Waals surface area contributed by atoms with E-state index in [9.17, 15) is 0 Å². The van der Waals surface area contributed by atoms with Crippen molar-refractivity contribution in [2.24, 2.45) is 0 Å². The number of rotatable bonds is 7. The fraction of sp³-hybridized carbons (Fsp3) is 0.381. The van der Waals surface area contributed by atoms with Crippen LogP contribution in [0.15, 0.2) is 60.0 Å². The van der Waals surface area contributed by atoms with Gasteiger partial charge in [0.05, 0.1) is 6.54 Å². The van der Waals surface area contributed by atoms with E-state index in [1.807, 2.05) is 30.0 Å². The summed E-state index contributed by atoms with van der Waals surface area (Å²) in [5, 5.41) is 10.00. The van der Waals surface area contributed by atoms with Crippen molar-refractivity contribution in [2.45, 2.75) is 31.0 Å². The monoisotopic (exact) mass is 379 g/mol. The highest BCUT2D eigenvalue weighted by molar-refractivity contribution is 7.99. The predicted octanol–water partition coefficient (Wildman–Crippen LogP) is 3.97. The zero-order valence-electron chi connectivity index (χ0n) is 15.5. The third-order valence-corrected chi connectivity index (χ3v) is 5.87. The summed E-state index contributed by atoms with van der Waals surface area (Å²) in [5.41, 5.74) is 2.31.